The number of hydrogen-bond acceptors (Lipinski definition) is 1. The molecule has 0 aromatic heterocycles. The highest BCUT2D eigenvalue weighted by molar-refractivity contribution is 5.85. The Morgan fingerprint density at radius 3 is 2.45 bits per heavy atom. The summed E-state index contributed by atoms with van der Waals surface area (Å²) in [6.07, 6.45) is 6.40. The van der Waals surface area contributed by atoms with Gasteiger partial charge in [-0.25, -0.2) is 4.39 Å². The lowest BCUT2D eigenvalue weighted by molar-refractivity contribution is 0.373. The minimum absolute atomic E-state index is 0.0516. The van der Waals surface area contributed by atoms with Crippen LogP contribution >= 0.6 is 0 Å². The first kappa shape index (κ1) is 15.0. The molecule has 1 nitrogen and oxygen atoms in total. The van der Waals surface area contributed by atoms with E-state index in [0.29, 0.717) is 22.6 Å². The molecule has 1 aliphatic carbocycles. The van der Waals surface area contributed by atoms with E-state index in [-0.39, 0.29) is 5.75 Å². The molecule has 0 unspecified atom stereocenters. The molecule has 0 atom stereocenters. The van der Waals surface area contributed by atoms with Gasteiger partial charge in [0, 0.05) is 5.39 Å². The number of hydrogen-bond donors (Lipinski definition) is 0. The monoisotopic (exact) mass is 302 g/mol. The molecule has 0 bridgehead atoms. The Bertz CT molecular complexity index is 700. The summed E-state index contributed by atoms with van der Waals surface area (Å²) >= 11 is 0. The molecule has 0 aliphatic heterocycles. The summed E-state index contributed by atoms with van der Waals surface area (Å²) in [5.41, 5.74) is 1.10. The van der Waals surface area contributed by atoms with Crippen molar-refractivity contribution in [2.75, 3.05) is 7.11 Å². The Hall–Kier alpha value is -1.90. The highest BCUT2D eigenvalue weighted by Gasteiger charge is 2.22. The molecule has 0 N–H and O–H groups in total. The molecule has 116 valence electrons. The quantitative estimate of drug-likeness (QED) is 0.672. The second-order valence-electron chi connectivity index (χ2n) is 6.03. The zero-order valence-corrected chi connectivity index (χ0v) is 12.7. The van der Waals surface area contributed by atoms with Crippen molar-refractivity contribution < 1.29 is 13.5 Å². The van der Waals surface area contributed by atoms with Crippen LogP contribution in [0.1, 0.15) is 37.2 Å². The number of halogens is 2. The van der Waals surface area contributed by atoms with Gasteiger partial charge < -0.3 is 4.74 Å². The number of methoxy groups -OCH3 is 1. The van der Waals surface area contributed by atoms with Crippen molar-refractivity contribution >= 4 is 10.8 Å². The molecule has 2 aromatic carbocycles. The molecule has 1 fully saturated rings. The molecule has 0 spiro atoms. The van der Waals surface area contributed by atoms with Gasteiger partial charge in [0.1, 0.15) is 0 Å². The molecule has 3 rings (SSSR count). The summed E-state index contributed by atoms with van der Waals surface area (Å²) < 4.78 is 33.0. The Balaban J connectivity index is 1.96. The number of benzene rings is 2. The minimum Gasteiger partial charge on any atom is -0.494 e. The molecular formula is C19H20F2O. The predicted molar refractivity (Wildman–Crippen MR) is 85.3 cm³/mol. The smallest absolute Gasteiger partial charge is 0.201 e. The van der Waals surface area contributed by atoms with Crippen molar-refractivity contribution in [1.29, 1.82) is 0 Å². The maximum atomic E-state index is 14.2. The Kier molecular flexibility index (Phi) is 4.14. The maximum Gasteiger partial charge on any atom is 0.201 e. The molecule has 0 heterocycles. The standard InChI is InChI=1S/C19H20F2O/c1-3-12-4-6-13(7-5-12)14-8-9-15-11-17(22-2)19(21)18(20)16(15)10-14/h3,8-13H,1,4-7H2,2H3. The lowest BCUT2D eigenvalue weighted by Gasteiger charge is -2.27. The van der Waals surface area contributed by atoms with E-state index in [4.69, 9.17) is 4.74 Å². The molecule has 2 aromatic rings. The lowest BCUT2D eigenvalue weighted by Crippen LogP contribution is -2.11. The molecule has 3 heteroatoms. The topological polar surface area (TPSA) is 9.23 Å². The first-order valence-electron chi connectivity index (χ1n) is 7.72. The van der Waals surface area contributed by atoms with Gasteiger partial charge in [-0.1, -0.05) is 18.2 Å². The van der Waals surface area contributed by atoms with E-state index in [1.54, 1.807) is 12.1 Å². The third kappa shape index (κ3) is 2.60. The second-order valence-corrected chi connectivity index (χ2v) is 6.03. The van der Waals surface area contributed by atoms with E-state index < -0.39 is 11.6 Å². The van der Waals surface area contributed by atoms with Crippen LogP contribution in [0.25, 0.3) is 10.8 Å². The molecule has 0 radical (unpaired) electrons. The van der Waals surface area contributed by atoms with Crippen molar-refractivity contribution in [3.63, 3.8) is 0 Å². The van der Waals surface area contributed by atoms with Crippen molar-refractivity contribution in [1.82, 2.24) is 0 Å². The molecule has 1 saturated carbocycles. The number of fused-ring (bicyclic) bond motifs is 1. The summed E-state index contributed by atoms with van der Waals surface area (Å²) in [5, 5.41) is 1.00. The summed E-state index contributed by atoms with van der Waals surface area (Å²) in [6.45, 7) is 3.86. The van der Waals surface area contributed by atoms with Gasteiger partial charge in [0.05, 0.1) is 7.11 Å². The average molecular weight is 302 g/mol. The molecular weight excluding hydrogens is 282 g/mol. The van der Waals surface area contributed by atoms with E-state index in [0.717, 1.165) is 31.2 Å². The highest BCUT2D eigenvalue weighted by atomic mass is 19.2. The van der Waals surface area contributed by atoms with Crippen LogP contribution in [0.3, 0.4) is 0 Å². The van der Waals surface area contributed by atoms with E-state index in [1.165, 1.54) is 7.11 Å². The number of ether oxygens (including phenoxy) is 1. The van der Waals surface area contributed by atoms with Crippen LogP contribution < -0.4 is 4.74 Å². The van der Waals surface area contributed by atoms with Crippen molar-refractivity contribution in [3.8, 4) is 5.75 Å². The Labute approximate surface area is 129 Å². The fraction of sp³-hybridized carbons (Fsp3) is 0.368. The van der Waals surface area contributed by atoms with E-state index in [9.17, 15) is 8.78 Å². The van der Waals surface area contributed by atoms with Gasteiger partial charge in [-0.2, -0.15) is 4.39 Å². The fourth-order valence-corrected chi connectivity index (χ4v) is 3.41. The Morgan fingerprint density at radius 1 is 1.09 bits per heavy atom. The van der Waals surface area contributed by atoms with E-state index in [1.807, 2.05) is 18.2 Å². The maximum absolute atomic E-state index is 14.2. The first-order valence-corrected chi connectivity index (χ1v) is 7.72. The van der Waals surface area contributed by atoms with E-state index in [2.05, 4.69) is 6.58 Å². The lowest BCUT2D eigenvalue weighted by atomic mass is 9.78. The summed E-state index contributed by atoms with van der Waals surface area (Å²) in [4.78, 5) is 0. The summed E-state index contributed by atoms with van der Waals surface area (Å²) in [5.74, 6) is -0.775. The Morgan fingerprint density at radius 2 is 1.82 bits per heavy atom. The third-order valence-corrected chi connectivity index (χ3v) is 4.81. The van der Waals surface area contributed by atoms with Crippen LogP contribution in [0.15, 0.2) is 36.9 Å². The third-order valence-electron chi connectivity index (χ3n) is 4.81. The van der Waals surface area contributed by atoms with Gasteiger partial charge in [0.25, 0.3) is 0 Å². The van der Waals surface area contributed by atoms with Gasteiger partial charge in [-0.15, -0.1) is 6.58 Å². The number of allylic oxidation sites excluding steroid dienone is 1. The van der Waals surface area contributed by atoms with Crippen LogP contribution in [-0.4, -0.2) is 7.11 Å². The van der Waals surface area contributed by atoms with Crippen molar-refractivity contribution in [2.45, 2.75) is 31.6 Å². The molecule has 0 saturated heterocycles. The fourth-order valence-electron chi connectivity index (χ4n) is 3.41. The van der Waals surface area contributed by atoms with Crippen molar-refractivity contribution in [2.24, 2.45) is 5.92 Å². The van der Waals surface area contributed by atoms with Gasteiger partial charge in [0.15, 0.2) is 11.6 Å². The van der Waals surface area contributed by atoms with Crippen LogP contribution in [0.2, 0.25) is 0 Å². The van der Waals surface area contributed by atoms with Gasteiger partial charge >= 0.3 is 0 Å². The normalized spacial score (nSPS) is 21.8. The van der Waals surface area contributed by atoms with Gasteiger partial charge in [-0.3, -0.25) is 0 Å². The van der Waals surface area contributed by atoms with Gasteiger partial charge in [-0.05, 0) is 60.6 Å². The zero-order valence-electron chi connectivity index (χ0n) is 12.7. The van der Waals surface area contributed by atoms with Crippen molar-refractivity contribution in [3.05, 3.63) is 54.1 Å². The average Bonchev–Trinajstić information content (AvgIpc) is 2.58. The zero-order chi connectivity index (χ0) is 15.7. The molecule has 0 amide bonds. The van der Waals surface area contributed by atoms with E-state index >= 15 is 0 Å². The van der Waals surface area contributed by atoms with Crippen LogP contribution in [-0.2, 0) is 0 Å². The number of rotatable bonds is 3. The SMILES string of the molecule is C=CC1CCC(c2ccc3cc(OC)c(F)c(F)c3c2)CC1. The largest absolute Gasteiger partial charge is 0.494 e. The molecule has 1 aliphatic rings. The second kappa shape index (κ2) is 6.07. The van der Waals surface area contributed by atoms with Crippen LogP contribution in [0.4, 0.5) is 8.78 Å². The first-order chi connectivity index (χ1) is 10.6. The summed E-state index contributed by atoms with van der Waals surface area (Å²) in [7, 11) is 1.34. The van der Waals surface area contributed by atoms with Crippen LogP contribution in [0.5, 0.6) is 5.75 Å². The van der Waals surface area contributed by atoms with Gasteiger partial charge in [0.2, 0.25) is 5.82 Å². The summed E-state index contributed by atoms with van der Waals surface area (Å²) in [6, 6.07) is 7.23. The molecule has 22 heavy (non-hydrogen) atoms. The van der Waals surface area contributed by atoms with Crippen LogP contribution in [0, 0.1) is 17.6 Å². The predicted octanol–water partition coefficient (Wildman–Crippen LogP) is 5.59. The highest BCUT2D eigenvalue weighted by Crippen LogP contribution is 2.38. The minimum atomic E-state index is -0.914.